The number of hydrogen-bond acceptors (Lipinski definition) is 7. The van der Waals surface area contributed by atoms with E-state index in [-0.39, 0.29) is 23.5 Å². The molecule has 8 nitrogen and oxygen atoms in total. The Kier molecular flexibility index (Phi) is 6.87. The predicted octanol–water partition coefficient (Wildman–Crippen LogP) is 5.50. The van der Waals surface area contributed by atoms with Crippen LogP contribution < -0.4 is 10.4 Å². The summed E-state index contributed by atoms with van der Waals surface area (Å²) in [4.78, 5) is 30.9. The Morgan fingerprint density at radius 3 is 2.54 bits per heavy atom. The lowest BCUT2D eigenvalue weighted by Gasteiger charge is -2.31. The Balaban J connectivity index is 1.35. The van der Waals surface area contributed by atoms with E-state index in [1.807, 2.05) is 36.1 Å². The Hall–Kier alpha value is -4.24. The van der Waals surface area contributed by atoms with Crippen LogP contribution in [0.5, 0.6) is 0 Å². The first kappa shape index (κ1) is 24.5. The second-order valence-corrected chi connectivity index (χ2v) is 9.18. The van der Waals surface area contributed by atoms with Gasteiger partial charge in [-0.1, -0.05) is 28.7 Å². The lowest BCUT2D eigenvalue weighted by molar-refractivity contribution is -0.124. The van der Waals surface area contributed by atoms with Gasteiger partial charge in [0.15, 0.2) is 17.5 Å². The number of likely N-dealkylation sites (tertiary alicyclic amines) is 1. The zero-order valence-corrected chi connectivity index (χ0v) is 20.4. The molecule has 0 radical (unpaired) electrons. The number of carboxylic acids is 1. The number of ketones is 1. The zero-order valence-electron chi connectivity index (χ0n) is 20.4. The first-order chi connectivity index (χ1) is 17.9. The molecule has 5 rings (SSSR count). The van der Waals surface area contributed by atoms with Crippen molar-refractivity contribution in [3.05, 3.63) is 83.4 Å². The summed E-state index contributed by atoms with van der Waals surface area (Å²) in [6.07, 6.45) is 0.667. The summed E-state index contributed by atoms with van der Waals surface area (Å²) < 4.78 is 21.5. The average molecular weight is 503 g/mol. The maximum atomic E-state index is 15.6. The number of carbonyl (C=O) groups is 2. The summed E-state index contributed by atoms with van der Waals surface area (Å²) in [5.41, 5.74) is 3.99. The second-order valence-electron chi connectivity index (χ2n) is 9.18. The van der Waals surface area contributed by atoms with Gasteiger partial charge < -0.3 is 14.8 Å². The molecule has 2 heterocycles. The molecular weight excluding hydrogens is 475 g/mol. The maximum absolute atomic E-state index is 15.6. The number of rotatable bonds is 9. The van der Waals surface area contributed by atoms with Crippen LogP contribution in [0.4, 0.5) is 21.9 Å². The number of carboxylic acid groups (broad SMARTS) is 1. The van der Waals surface area contributed by atoms with E-state index in [0.29, 0.717) is 40.9 Å². The van der Waals surface area contributed by atoms with Crippen molar-refractivity contribution in [1.29, 1.82) is 0 Å². The normalized spacial score (nSPS) is 14.5. The maximum Gasteiger partial charge on any atom is 0.335 e. The van der Waals surface area contributed by atoms with Crippen LogP contribution in [0, 0.1) is 6.92 Å². The van der Waals surface area contributed by atoms with Gasteiger partial charge in [0, 0.05) is 25.2 Å². The van der Waals surface area contributed by atoms with Gasteiger partial charge in [-0.25, -0.2) is 4.79 Å². The van der Waals surface area contributed by atoms with Gasteiger partial charge in [0.25, 0.3) is 6.01 Å². The third kappa shape index (κ3) is 5.31. The number of aryl methyl sites for hydroxylation is 1. The number of halogens is 1. The number of oxazole rings is 1. The molecule has 3 aromatic carbocycles. The molecule has 0 aliphatic carbocycles. The highest BCUT2D eigenvalue weighted by Gasteiger charge is 2.34. The number of hydrogen-bond donors (Lipinski definition) is 2. The van der Waals surface area contributed by atoms with Crippen molar-refractivity contribution in [3.8, 4) is 0 Å². The van der Waals surface area contributed by atoms with Gasteiger partial charge in [-0.15, -0.1) is 0 Å². The number of aromatic carboxylic acids is 1. The molecule has 1 fully saturated rings. The van der Waals surface area contributed by atoms with E-state index in [0.717, 1.165) is 24.1 Å². The van der Waals surface area contributed by atoms with Gasteiger partial charge in [0.05, 0.1) is 11.3 Å². The van der Waals surface area contributed by atoms with Crippen molar-refractivity contribution < 1.29 is 23.6 Å². The molecule has 9 heteroatoms. The van der Waals surface area contributed by atoms with Gasteiger partial charge >= 0.3 is 5.97 Å². The van der Waals surface area contributed by atoms with Crippen molar-refractivity contribution in [2.75, 3.05) is 23.5 Å². The zero-order chi connectivity index (χ0) is 25.9. The van der Waals surface area contributed by atoms with Crippen molar-refractivity contribution >= 4 is 40.2 Å². The van der Waals surface area contributed by atoms with Gasteiger partial charge in [-0.2, -0.15) is 10.1 Å². The van der Waals surface area contributed by atoms with Crippen LogP contribution in [-0.2, 0) is 11.2 Å². The molecule has 0 amide bonds. The van der Waals surface area contributed by atoms with E-state index in [4.69, 9.17) is 9.52 Å². The number of carbonyl (C=O) groups excluding carboxylic acids is 1. The molecule has 1 atom stereocenters. The SMILES string of the molecule is Cc1ccccc1Nc1nc2ccc(CC(=O)C(N3CCCC3)N(F)c3ccc(C(=O)O)cc3)cc2o1. The van der Waals surface area contributed by atoms with Crippen LogP contribution in [0.3, 0.4) is 0 Å². The Morgan fingerprint density at radius 1 is 1.11 bits per heavy atom. The molecule has 1 unspecified atom stereocenters. The summed E-state index contributed by atoms with van der Waals surface area (Å²) >= 11 is 0. The standard InChI is InChI=1S/C28H27FN4O4/c1-18-6-2-3-7-22(18)30-28-31-23-13-8-19(17-25(23)37-28)16-24(34)26(32-14-4-5-15-32)33(29)21-11-9-20(10-12-21)27(35)36/h2-3,6-13,17,26H,4-5,14-16H2,1H3,(H,30,31)(H,35,36). The highest BCUT2D eigenvalue weighted by atomic mass is 19.2. The van der Waals surface area contributed by atoms with Crippen LogP contribution >= 0.6 is 0 Å². The molecule has 190 valence electrons. The van der Waals surface area contributed by atoms with Gasteiger partial charge in [0.2, 0.25) is 0 Å². The topological polar surface area (TPSA) is 98.9 Å². The highest BCUT2D eigenvalue weighted by molar-refractivity contribution is 5.90. The Labute approximate surface area is 213 Å². The number of nitrogens with zero attached hydrogens (tertiary/aromatic N) is 3. The number of Topliss-reactive ketones (excluding diaryl/α,β-unsaturated/α-hetero) is 1. The largest absolute Gasteiger partial charge is 0.478 e. The first-order valence-corrected chi connectivity index (χ1v) is 12.2. The minimum atomic E-state index is -1.11. The molecule has 1 aliphatic heterocycles. The van der Waals surface area contributed by atoms with E-state index in [2.05, 4.69) is 10.3 Å². The summed E-state index contributed by atoms with van der Waals surface area (Å²) in [7, 11) is 0. The number of fused-ring (bicyclic) bond motifs is 1. The van der Waals surface area contributed by atoms with Crippen molar-refractivity contribution in [2.24, 2.45) is 0 Å². The van der Waals surface area contributed by atoms with Gasteiger partial charge in [-0.05, 0) is 73.4 Å². The summed E-state index contributed by atoms with van der Waals surface area (Å²) in [5.74, 6) is -1.40. The van der Waals surface area contributed by atoms with Crippen LogP contribution in [0.15, 0.2) is 71.1 Å². The molecule has 0 bridgehead atoms. The molecule has 0 saturated carbocycles. The fourth-order valence-electron chi connectivity index (χ4n) is 4.60. The first-order valence-electron chi connectivity index (χ1n) is 12.2. The molecule has 4 aromatic rings. The quantitative estimate of drug-likeness (QED) is 0.290. The number of para-hydroxylation sites is 1. The Morgan fingerprint density at radius 2 is 1.84 bits per heavy atom. The fraction of sp³-hybridized carbons (Fsp3) is 0.250. The van der Waals surface area contributed by atoms with Crippen molar-refractivity contribution in [1.82, 2.24) is 9.88 Å². The molecule has 1 aromatic heterocycles. The molecule has 1 aliphatic rings. The summed E-state index contributed by atoms with van der Waals surface area (Å²) in [5, 5.41) is 12.7. The average Bonchev–Trinajstić information content (AvgIpc) is 3.55. The number of aromatic nitrogens is 1. The number of benzene rings is 3. The number of nitrogens with one attached hydrogen (secondary N) is 1. The second kappa shape index (κ2) is 10.4. The Bertz CT molecular complexity index is 1430. The summed E-state index contributed by atoms with van der Waals surface area (Å²) in [6.45, 7) is 3.21. The van der Waals surface area contributed by atoms with E-state index >= 15 is 4.48 Å². The number of anilines is 3. The molecule has 2 N–H and O–H groups in total. The van der Waals surface area contributed by atoms with Crippen LogP contribution in [0.2, 0.25) is 0 Å². The van der Waals surface area contributed by atoms with Crippen LogP contribution in [-0.4, -0.2) is 46.0 Å². The minimum Gasteiger partial charge on any atom is -0.478 e. The monoisotopic (exact) mass is 502 g/mol. The van der Waals surface area contributed by atoms with Gasteiger partial charge in [-0.3, -0.25) is 9.69 Å². The lowest BCUT2D eigenvalue weighted by Crippen LogP contribution is -2.49. The van der Waals surface area contributed by atoms with E-state index in [1.54, 1.807) is 18.2 Å². The smallest absolute Gasteiger partial charge is 0.335 e. The third-order valence-corrected chi connectivity index (χ3v) is 6.57. The van der Waals surface area contributed by atoms with Crippen LogP contribution in [0.25, 0.3) is 11.1 Å². The highest BCUT2D eigenvalue weighted by Crippen LogP contribution is 2.27. The summed E-state index contributed by atoms with van der Waals surface area (Å²) in [6, 6.07) is 18.9. The van der Waals surface area contributed by atoms with E-state index in [1.165, 1.54) is 24.3 Å². The van der Waals surface area contributed by atoms with E-state index < -0.39 is 12.1 Å². The predicted molar refractivity (Wildman–Crippen MR) is 139 cm³/mol. The van der Waals surface area contributed by atoms with E-state index in [9.17, 15) is 9.59 Å². The van der Waals surface area contributed by atoms with Gasteiger partial charge in [0.1, 0.15) is 5.52 Å². The molecular formula is C28H27FN4O4. The lowest BCUT2D eigenvalue weighted by atomic mass is 10.1. The molecule has 0 spiro atoms. The van der Waals surface area contributed by atoms with Crippen molar-refractivity contribution in [2.45, 2.75) is 32.4 Å². The molecule has 37 heavy (non-hydrogen) atoms. The third-order valence-electron chi connectivity index (χ3n) is 6.57. The minimum absolute atomic E-state index is 0.00594. The van der Waals surface area contributed by atoms with Crippen LogP contribution in [0.1, 0.15) is 34.3 Å². The molecule has 1 saturated heterocycles. The fourth-order valence-corrected chi connectivity index (χ4v) is 4.60. The van der Waals surface area contributed by atoms with Crippen molar-refractivity contribution in [3.63, 3.8) is 0 Å².